The first-order valence-corrected chi connectivity index (χ1v) is 6.66. The zero-order valence-corrected chi connectivity index (χ0v) is 11.6. The Morgan fingerprint density at radius 3 is 2.43 bits per heavy atom. The standard InChI is InChI=1S/C16H16F2N2O/c1-2-11-3-7-14(8-4-11)20-16(21)19-10-12-5-6-13(17)9-15(12)18/h3-9H,2,10H2,1H3,(H2,19,20,21). The molecule has 2 aromatic rings. The zero-order valence-electron chi connectivity index (χ0n) is 11.6. The van der Waals surface area contributed by atoms with Crippen molar-refractivity contribution in [3.05, 3.63) is 65.2 Å². The lowest BCUT2D eigenvalue weighted by molar-refractivity contribution is 0.251. The van der Waals surface area contributed by atoms with Crippen LogP contribution in [0.4, 0.5) is 19.3 Å². The molecule has 0 aliphatic rings. The van der Waals surface area contributed by atoms with Gasteiger partial charge in [-0.25, -0.2) is 13.6 Å². The Balaban J connectivity index is 1.89. The van der Waals surface area contributed by atoms with Crippen molar-refractivity contribution < 1.29 is 13.6 Å². The van der Waals surface area contributed by atoms with Crippen molar-refractivity contribution >= 4 is 11.7 Å². The van der Waals surface area contributed by atoms with Crippen molar-refractivity contribution in [2.24, 2.45) is 0 Å². The average Bonchev–Trinajstić information content (AvgIpc) is 2.47. The fourth-order valence-electron chi connectivity index (χ4n) is 1.84. The molecule has 0 spiro atoms. The minimum atomic E-state index is -0.678. The number of urea groups is 1. The molecule has 3 nitrogen and oxygen atoms in total. The van der Waals surface area contributed by atoms with E-state index in [0.29, 0.717) is 5.69 Å². The molecule has 0 bridgehead atoms. The van der Waals surface area contributed by atoms with Crippen molar-refractivity contribution in [2.45, 2.75) is 19.9 Å². The second kappa shape index (κ2) is 6.83. The summed E-state index contributed by atoms with van der Waals surface area (Å²) in [5.74, 6) is -1.32. The van der Waals surface area contributed by atoms with Crippen LogP contribution in [0.5, 0.6) is 0 Å². The van der Waals surface area contributed by atoms with Gasteiger partial charge in [0.25, 0.3) is 0 Å². The number of benzene rings is 2. The maximum Gasteiger partial charge on any atom is 0.319 e. The van der Waals surface area contributed by atoms with Gasteiger partial charge in [-0.15, -0.1) is 0 Å². The molecule has 110 valence electrons. The highest BCUT2D eigenvalue weighted by molar-refractivity contribution is 5.89. The fraction of sp³-hybridized carbons (Fsp3) is 0.188. The van der Waals surface area contributed by atoms with Crippen molar-refractivity contribution in [3.8, 4) is 0 Å². The highest BCUT2D eigenvalue weighted by Crippen LogP contribution is 2.11. The maximum atomic E-state index is 13.4. The smallest absolute Gasteiger partial charge is 0.319 e. The van der Waals surface area contributed by atoms with Crippen molar-refractivity contribution in [1.82, 2.24) is 5.32 Å². The molecule has 2 rings (SSSR count). The molecular weight excluding hydrogens is 274 g/mol. The van der Waals surface area contributed by atoms with E-state index in [2.05, 4.69) is 10.6 Å². The fourth-order valence-corrected chi connectivity index (χ4v) is 1.84. The number of rotatable bonds is 4. The lowest BCUT2D eigenvalue weighted by Gasteiger charge is -2.09. The van der Waals surface area contributed by atoms with E-state index in [0.717, 1.165) is 18.6 Å². The first-order valence-electron chi connectivity index (χ1n) is 6.66. The molecule has 0 fully saturated rings. The summed E-state index contributed by atoms with van der Waals surface area (Å²) >= 11 is 0. The van der Waals surface area contributed by atoms with Gasteiger partial charge >= 0.3 is 6.03 Å². The average molecular weight is 290 g/mol. The van der Waals surface area contributed by atoms with Crippen molar-refractivity contribution in [2.75, 3.05) is 5.32 Å². The van der Waals surface area contributed by atoms with Crippen molar-refractivity contribution in [3.63, 3.8) is 0 Å². The van der Waals surface area contributed by atoms with Gasteiger partial charge in [-0.05, 0) is 30.2 Å². The number of aryl methyl sites for hydroxylation is 1. The Morgan fingerprint density at radius 2 is 1.81 bits per heavy atom. The Morgan fingerprint density at radius 1 is 1.10 bits per heavy atom. The van der Waals surface area contributed by atoms with Gasteiger partial charge in [-0.2, -0.15) is 0 Å². The molecule has 0 unspecified atom stereocenters. The Hall–Kier alpha value is -2.43. The van der Waals surface area contributed by atoms with Crippen LogP contribution in [0.1, 0.15) is 18.1 Å². The van der Waals surface area contributed by atoms with Crippen LogP contribution in [0.15, 0.2) is 42.5 Å². The third-order valence-electron chi connectivity index (χ3n) is 3.07. The molecule has 5 heteroatoms. The number of hydrogen-bond acceptors (Lipinski definition) is 1. The van der Waals surface area contributed by atoms with Gasteiger partial charge in [0.1, 0.15) is 11.6 Å². The largest absolute Gasteiger partial charge is 0.334 e. The van der Waals surface area contributed by atoms with E-state index in [1.807, 2.05) is 19.1 Å². The van der Waals surface area contributed by atoms with Gasteiger partial charge in [-0.1, -0.05) is 25.1 Å². The predicted octanol–water partition coefficient (Wildman–Crippen LogP) is 3.85. The van der Waals surface area contributed by atoms with Gasteiger partial charge in [0.15, 0.2) is 0 Å². The summed E-state index contributed by atoms with van der Waals surface area (Å²) in [4.78, 5) is 11.7. The van der Waals surface area contributed by atoms with E-state index in [-0.39, 0.29) is 12.1 Å². The summed E-state index contributed by atoms with van der Waals surface area (Å²) in [6, 6.07) is 10.3. The third-order valence-corrected chi connectivity index (χ3v) is 3.07. The van der Waals surface area contributed by atoms with E-state index >= 15 is 0 Å². The summed E-state index contributed by atoms with van der Waals surface area (Å²) in [5.41, 5.74) is 2.06. The second-order valence-corrected chi connectivity index (χ2v) is 4.59. The van der Waals surface area contributed by atoms with Crippen LogP contribution < -0.4 is 10.6 Å². The molecular formula is C16H16F2N2O. The molecule has 2 N–H and O–H groups in total. The van der Waals surface area contributed by atoms with Crippen LogP contribution in [0.25, 0.3) is 0 Å². The van der Waals surface area contributed by atoms with Crippen molar-refractivity contribution in [1.29, 1.82) is 0 Å². The summed E-state index contributed by atoms with van der Waals surface area (Å²) in [5, 5.41) is 5.17. The normalized spacial score (nSPS) is 10.2. The van der Waals surface area contributed by atoms with Gasteiger partial charge in [0, 0.05) is 23.9 Å². The Kier molecular flexibility index (Phi) is 4.87. The number of halogens is 2. The number of amides is 2. The molecule has 2 aromatic carbocycles. The lowest BCUT2D eigenvalue weighted by Crippen LogP contribution is -2.28. The SMILES string of the molecule is CCc1ccc(NC(=O)NCc2ccc(F)cc2F)cc1. The van der Waals surface area contributed by atoms with E-state index in [1.165, 1.54) is 11.6 Å². The molecule has 2 amide bonds. The predicted molar refractivity (Wildman–Crippen MR) is 78.0 cm³/mol. The number of nitrogens with one attached hydrogen (secondary N) is 2. The van der Waals surface area contributed by atoms with E-state index in [1.54, 1.807) is 12.1 Å². The molecule has 0 aliphatic heterocycles. The number of carbonyl (C=O) groups excluding carboxylic acids is 1. The van der Waals surface area contributed by atoms with E-state index in [9.17, 15) is 13.6 Å². The summed E-state index contributed by atoms with van der Waals surface area (Å²) < 4.78 is 26.2. The molecule has 0 saturated heterocycles. The minimum Gasteiger partial charge on any atom is -0.334 e. The van der Waals surface area contributed by atoms with Crippen LogP contribution in [-0.4, -0.2) is 6.03 Å². The van der Waals surface area contributed by atoms with Gasteiger partial charge < -0.3 is 10.6 Å². The number of anilines is 1. The molecule has 21 heavy (non-hydrogen) atoms. The van der Waals surface area contributed by atoms with Crippen LogP contribution in [0, 0.1) is 11.6 Å². The highest BCUT2D eigenvalue weighted by atomic mass is 19.1. The van der Waals surface area contributed by atoms with Gasteiger partial charge in [-0.3, -0.25) is 0 Å². The minimum absolute atomic E-state index is 0.00894. The Bertz CT molecular complexity index is 627. The number of carbonyl (C=O) groups is 1. The second-order valence-electron chi connectivity index (χ2n) is 4.59. The molecule has 0 atom stereocenters. The molecule has 0 heterocycles. The van der Waals surface area contributed by atoms with Gasteiger partial charge in [0.2, 0.25) is 0 Å². The Labute approximate surface area is 122 Å². The third kappa shape index (κ3) is 4.27. The van der Waals surface area contributed by atoms with Crippen LogP contribution in [0.2, 0.25) is 0 Å². The van der Waals surface area contributed by atoms with Crippen LogP contribution >= 0.6 is 0 Å². The molecule has 0 aromatic heterocycles. The number of hydrogen-bond donors (Lipinski definition) is 2. The molecule has 0 aliphatic carbocycles. The molecule has 0 radical (unpaired) electrons. The maximum absolute atomic E-state index is 13.4. The van der Waals surface area contributed by atoms with E-state index in [4.69, 9.17) is 0 Å². The quantitative estimate of drug-likeness (QED) is 0.882. The summed E-state index contributed by atoms with van der Waals surface area (Å²) in [6.07, 6.45) is 0.927. The topological polar surface area (TPSA) is 41.1 Å². The summed E-state index contributed by atoms with van der Waals surface area (Å²) in [6.45, 7) is 2.04. The van der Waals surface area contributed by atoms with Crippen LogP contribution in [0.3, 0.4) is 0 Å². The first kappa shape index (κ1) is 15.0. The molecule has 0 saturated carbocycles. The zero-order chi connectivity index (χ0) is 15.2. The lowest BCUT2D eigenvalue weighted by atomic mass is 10.1. The highest BCUT2D eigenvalue weighted by Gasteiger charge is 2.06. The van der Waals surface area contributed by atoms with Crippen LogP contribution in [-0.2, 0) is 13.0 Å². The van der Waals surface area contributed by atoms with E-state index < -0.39 is 17.7 Å². The summed E-state index contributed by atoms with van der Waals surface area (Å²) in [7, 11) is 0. The van der Waals surface area contributed by atoms with Gasteiger partial charge in [0.05, 0.1) is 0 Å². The monoisotopic (exact) mass is 290 g/mol. The first-order chi connectivity index (χ1) is 10.1.